The first-order valence-electron chi connectivity index (χ1n) is 10.9. The summed E-state index contributed by atoms with van der Waals surface area (Å²) in [7, 11) is 0. The molecule has 1 aliphatic carbocycles. The highest BCUT2D eigenvalue weighted by Crippen LogP contribution is 2.38. The lowest BCUT2D eigenvalue weighted by Crippen LogP contribution is -2.35. The van der Waals surface area contributed by atoms with Crippen LogP contribution in [0, 0.1) is 4.77 Å². The SMILES string of the molecule is S=c1n(CN2CCC(c3nc4ccccc4o3)CC2)nc(-c2ccncc2)n1C1CC1. The third kappa shape index (κ3) is 3.59. The number of oxazole rings is 1. The lowest BCUT2D eigenvalue weighted by atomic mass is 9.97. The monoisotopic (exact) mass is 432 g/mol. The summed E-state index contributed by atoms with van der Waals surface area (Å²) in [6, 6.07) is 12.5. The molecule has 2 fully saturated rings. The highest BCUT2D eigenvalue weighted by atomic mass is 32.1. The molecule has 158 valence electrons. The van der Waals surface area contributed by atoms with Gasteiger partial charge in [-0.1, -0.05) is 12.1 Å². The molecule has 4 aromatic rings. The molecule has 0 atom stereocenters. The van der Waals surface area contributed by atoms with E-state index in [1.807, 2.05) is 53.5 Å². The highest BCUT2D eigenvalue weighted by molar-refractivity contribution is 7.71. The predicted molar refractivity (Wildman–Crippen MR) is 120 cm³/mol. The Hall–Kier alpha value is -2.84. The second-order valence-electron chi connectivity index (χ2n) is 8.50. The molecule has 7 nitrogen and oxygen atoms in total. The van der Waals surface area contributed by atoms with Crippen LogP contribution in [0.2, 0.25) is 0 Å². The number of para-hydroxylation sites is 2. The van der Waals surface area contributed by atoms with Crippen molar-refractivity contribution < 1.29 is 4.42 Å². The Bertz CT molecular complexity index is 1230. The molecule has 4 heterocycles. The van der Waals surface area contributed by atoms with E-state index in [1.54, 1.807) is 0 Å². The topological polar surface area (TPSA) is 64.9 Å². The smallest absolute Gasteiger partial charge is 0.199 e. The number of hydrogen-bond acceptors (Lipinski definition) is 6. The van der Waals surface area contributed by atoms with Crippen LogP contribution in [0.1, 0.15) is 43.5 Å². The molecule has 0 N–H and O–H groups in total. The maximum absolute atomic E-state index is 6.01. The van der Waals surface area contributed by atoms with Gasteiger partial charge in [-0.15, -0.1) is 0 Å². The molecule has 1 saturated carbocycles. The highest BCUT2D eigenvalue weighted by Gasteiger charge is 2.30. The summed E-state index contributed by atoms with van der Waals surface area (Å²) in [6.45, 7) is 2.68. The fourth-order valence-electron chi connectivity index (χ4n) is 4.45. The first-order valence-corrected chi connectivity index (χ1v) is 11.3. The quantitative estimate of drug-likeness (QED) is 0.423. The van der Waals surface area contributed by atoms with Crippen LogP contribution in [0.4, 0.5) is 0 Å². The average Bonchev–Trinajstić information content (AvgIpc) is 3.47. The van der Waals surface area contributed by atoms with Crippen LogP contribution < -0.4 is 0 Å². The fourth-order valence-corrected chi connectivity index (χ4v) is 4.78. The minimum Gasteiger partial charge on any atom is -0.440 e. The zero-order valence-corrected chi connectivity index (χ0v) is 18.0. The molecular formula is C23H24N6OS. The van der Waals surface area contributed by atoms with Crippen LogP contribution in [0.3, 0.4) is 0 Å². The van der Waals surface area contributed by atoms with Crippen molar-refractivity contribution in [2.75, 3.05) is 13.1 Å². The van der Waals surface area contributed by atoms with Gasteiger partial charge in [-0.05, 0) is 62.2 Å². The van der Waals surface area contributed by atoms with E-state index in [0.717, 1.165) is 65.7 Å². The lowest BCUT2D eigenvalue weighted by Gasteiger charge is -2.30. The molecule has 2 aliphatic rings. The van der Waals surface area contributed by atoms with Crippen molar-refractivity contribution in [3.8, 4) is 11.4 Å². The number of likely N-dealkylation sites (tertiary alicyclic amines) is 1. The van der Waals surface area contributed by atoms with Crippen molar-refractivity contribution in [1.29, 1.82) is 0 Å². The molecule has 1 aliphatic heterocycles. The Morgan fingerprint density at radius 2 is 1.77 bits per heavy atom. The molecule has 0 radical (unpaired) electrons. The molecule has 31 heavy (non-hydrogen) atoms. The van der Waals surface area contributed by atoms with E-state index >= 15 is 0 Å². The average molecular weight is 433 g/mol. The minimum atomic E-state index is 0.369. The molecule has 0 amide bonds. The van der Waals surface area contributed by atoms with Crippen LogP contribution in [0.5, 0.6) is 0 Å². The zero-order valence-electron chi connectivity index (χ0n) is 17.2. The maximum Gasteiger partial charge on any atom is 0.199 e. The number of benzene rings is 1. The number of rotatable bonds is 5. The van der Waals surface area contributed by atoms with Crippen LogP contribution in [0.15, 0.2) is 53.2 Å². The van der Waals surface area contributed by atoms with Crippen molar-refractivity contribution in [2.24, 2.45) is 0 Å². The fraction of sp³-hybridized carbons (Fsp3) is 0.391. The standard InChI is InChI=1S/C23H24N6OS/c31-23-28(26-21(29(23)18-5-6-18)16-7-11-24-12-8-16)15-27-13-9-17(10-14-27)22-25-19-3-1-2-4-20(19)30-22/h1-4,7-8,11-12,17-18H,5-6,9-10,13-15H2. The lowest BCUT2D eigenvalue weighted by molar-refractivity contribution is 0.153. The molecule has 6 rings (SSSR count). The number of pyridine rings is 1. The third-order valence-electron chi connectivity index (χ3n) is 6.30. The van der Waals surface area contributed by atoms with Gasteiger partial charge in [0.25, 0.3) is 0 Å². The van der Waals surface area contributed by atoms with Gasteiger partial charge >= 0.3 is 0 Å². The summed E-state index contributed by atoms with van der Waals surface area (Å²) < 4.78 is 11.0. The Morgan fingerprint density at radius 1 is 1.00 bits per heavy atom. The Balaban J connectivity index is 1.19. The second kappa shape index (κ2) is 7.69. The van der Waals surface area contributed by atoms with Crippen LogP contribution in [0.25, 0.3) is 22.5 Å². The Morgan fingerprint density at radius 3 is 2.52 bits per heavy atom. The molecule has 1 saturated heterocycles. The van der Waals surface area contributed by atoms with E-state index in [-0.39, 0.29) is 0 Å². The molecular weight excluding hydrogens is 408 g/mol. The Labute approximate surface area is 185 Å². The van der Waals surface area contributed by atoms with Crippen molar-refractivity contribution in [2.45, 2.75) is 44.3 Å². The number of piperidine rings is 1. The summed E-state index contributed by atoms with van der Waals surface area (Å²) >= 11 is 5.83. The van der Waals surface area contributed by atoms with E-state index in [4.69, 9.17) is 26.7 Å². The Kier molecular flexibility index (Phi) is 4.69. The van der Waals surface area contributed by atoms with Gasteiger partial charge in [0.05, 0.1) is 6.67 Å². The van der Waals surface area contributed by atoms with Gasteiger partial charge in [0.15, 0.2) is 22.1 Å². The van der Waals surface area contributed by atoms with Gasteiger partial charge in [-0.25, -0.2) is 9.67 Å². The zero-order chi connectivity index (χ0) is 20.8. The number of fused-ring (bicyclic) bond motifs is 1. The molecule has 3 aromatic heterocycles. The van der Waals surface area contributed by atoms with Gasteiger partial charge < -0.3 is 4.42 Å². The van der Waals surface area contributed by atoms with Crippen LogP contribution in [-0.4, -0.2) is 42.3 Å². The van der Waals surface area contributed by atoms with Gasteiger partial charge in [0.1, 0.15) is 5.52 Å². The molecule has 8 heteroatoms. The van der Waals surface area contributed by atoms with Gasteiger partial charge in [-0.2, -0.15) is 5.10 Å². The van der Waals surface area contributed by atoms with Crippen LogP contribution in [-0.2, 0) is 6.67 Å². The second-order valence-corrected chi connectivity index (χ2v) is 8.86. The van der Waals surface area contributed by atoms with E-state index in [0.29, 0.717) is 12.0 Å². The largest absolute Gasteiger partial charge is 0.440 e. The summed E-state index contributed by atoms with van der Waals surface area (Å²) in [5, 5.41) is 4.92. The number of aromatic nitrogens is 5. The number of nitrogens with zero attached hydrogens (tertiary/aromatic N) is 6. The molecule has 0 unspecified atom stereocenters. The third-order valence-corrected chi connectivity index (χ3v) is 6.71. The van der Waals surface area contributed by atoms with Gasteiger partial charge in [0, 0.05) is 43.0 Å². The van der Waals surface area contributed by atoms with Crippen molar-refractivity contribution >= 4 is 23.3 Å². The van der Waals surface area contributed by atoms with Gasteiger partial charge in [0.2, 0.25) is 0 Å². The van der Waals surface area contributed by atoms with Gasteiger partial charge in [-0.3, -0.25) is 14.5 Å². The molecule has 0 bridgehead atoms. The predicted octanol–water partition coefficient (Wildman–Crippen LogP) is 4.79. The summed E-state index contributed by atoms with van der Waals surface area (Å²) in [4.78, 5) is 11.3. The van der Waals surface area contributed by atoms with Crippen molar-refractivity contribution in [3.05, 3.63) is 59.5 Å². The first kappa shape index (κ1) is 18.9. The molecule has 1 aromatic carbocycles. The van der Waals surface area contributed by atoms with E-state index < -0.39 is 0 Å². The molecule has 0 spiro atoms. The van der Waals surface area contributed by atoms with Crippen LogP contribution >= 0.6 is 12.2 Å². The first-order chi connectivity index (χ1) is 15.3. The van der Waals surface area contributed by atoms with Crippen molar-refractivity contribution in [3.63, 3.8) is 0 Å². The van der Waals surface area contributed by atoms with E-state index in [1.165, 1.54) is 12.8 Å². The number of hydrogen-bond donors (Lipinski definition) is 0. The van der Waals surface area contributed by atoms with Crippen molar-refractivity contribution in [1.82, 2.24) is 29.2 Å². The summed E-state index contributed by atoms with van der Waals surface area (Å²) in [5.74, 6) is 2.19. The minimum absolute atomic E-state index is 0.369. The maximum atomic E-state index is 6.01. The van der Waals surface area contributed by atoms with E-state index in [2.05, 4.69) is 14.5 Å². The summed E-state index contributed by atoms with van der Waals surface area (Å²) in [6.07, 6.45) is 8.03. The normalized spacial score (nSPS) is 18.1. The summed E-state index contributed by atoms with van der Waals surface area (Å²) in [5.41, 5.74) is 2.89. The van der Waals surface area contributed by atoms with E-state index in [9.17, 15) is 0 Å².